The Labute approximate surface area is 132 Å². The first kappa shape index (κ1) is 15.1. The molecule has 0 unspecified atom stereocenters. The van der Waals surface area contributed by atoms with Gasteiger partial charge in [-0.15, -0.1) is 0 Å². The van der Waals surface area contributed by atoms with E-state index in [1.807, 2.05) is 26.0 Å². The minimum absolute atomic E-state index is 0.250. The van der Waals surface area contributed by atoms with Crippen LogP contribution in [0.15, 0.2) is 24.4 Å². The molecule has 7 heteroatoms. The number of hydrogen-bond acceptors (Lipinski definition) is 4. The summed E-state index contributed by atoms with van der Waals surface area (Å²) in [6, 6.07) is 5.54. The van der Waals surface area contributed by atoms with E-state index in [1.165, 1.54) is 16.4 Å². The average molecular weight is 315 g/mol. The second-order valence-corrected chi connectivity index (χ2v) is 5.64. The van der Waals surface area contributed by atoms with Crippen molar-refractivity contribution in [2.45, 2.75) is 32.9 Å². The number of aryl methyl sites for hydroxylation is 2. The van der Waals surface area contributed by atoms with E-state index in [0.717, 1.165) is 16.9 Å². The molecule has 0 radical (unpaired) electrons. The van der Waals surface area contributed by atoms with E-state index in [9.17, 15) is 9.59 Å². The van der Waals surface area contributed by atoms with Crippen molar-refractivity contribution in [2.75, 3.05) is 5.32 Å². The van der Waals surface area contributed by atoms with Crippen molar-refractivity contribution < 1.29 is 19.4 Å². The number of rotatable bonds is 4. The molecule has 1 aromatic carbocycles. The van der Waals surface area contributed by atoms with Crippen LogP contribution in [0.1, 0.15) is 16.7 Å². The molecule has 2 heterocycles. The number of fused-ring (bicyclic) bond motifs is 1. The van der Waals surface area contributed by atoms with Gasteiger partial charge in [0.2, 0.25) is 0 Å². The van der Waals surface area contributed by atoms with Gasteiger partial charge in [0.25, 0.3) is 5.91 Å². The maximum absolute atomic E-state index is 12.3. The number of aromatic nitrogens is 2. The summed E-state index contributed by atoms with van der Waals surface area (Å²) < 4.78 is 6.95. The molecule has 1 aromatic heterocycles. The molecule has 1 amide bonds. The molecule has 2 N–H and O–H groups in total. The number of amides is 1. The average Bonchev–Trinajstić information content (AvgIpc) is 3.05. The Morgan fingerprint density at radius 1 is 1.39 bits per heavy atom. The van der Waals surface area contributed by atoms with Gasteiger partial charge in [-0.2, -0.15) is 5.10 Å². The first-order valence-electron chi connectivity index (χ1n) is 7.25. The van der Waals surface area contributed by atoms with Gasteiger partial charge < -0.3 is 15.2 Å². The molecule has 0 fully saturated rings. The van der Waals surface area contributed by atoms with Gasteiger partial charge in [0.15, 0.2) is 11.9 Å². The number of carboxylic acid groups (broad SMARTS) is 1. The molecule has 0 aliphatic carbocycles. The Balaban J connectivity index is 1.66. The molecule has 0 bridgehead atoms. The molecule has 120 valence electrons. The van der Waals surface area contributed by atoms with Crippen LogP contribution in [-0.4, -0.2) is 32.9 Å². The van der Waals surface area contributed by atoms with Gasteiger partial charge in [-0.3, -0.25) is 14.3 Å². The lowest BCUT2D eigenvalue weighted by molar-refractivity contribution is -0.137. The van der Waals surface area contributed by atoms with Crippen LogP contribution in [0.3, 0.4) is 0 Å². The van der Waals surface area contributed by atoms with Gasteiger partial charge in [0.05, 0.1) is 0 Å². The Kier molecular flexibility index (Phi) is 3.77. The first-order chi connectivity index (χ1) is 10.9. The van der Waals surface area contributed by atoms with Crippen molar-refractivity contribution in [1.29, 1.82) is 0 Å². The normalized spacial score (nSPS) is 15.8. The summed E-state index contributed by atoms with van der Waals surface area (Å²) in [5.74, 6) is -0.240. The summed E-state index contributed by atoms with van der Waals surface area (Å²) in [5.41, 5.74) is 3.31. The minimum Gasteiger partial charge on any atom is -0.480 e. The van der Waals surface area contributed by atoms with E-state index >= 15 is 0 Å². The van der Waals surface area contributed by atoms with Crippen LogP contribution >= 0.6 is 0 Å². The molecule has 1 atom stereocenters. The van der Waals surface area contributed by atoms with E-state index in [0.29, 0.717) is 12.2 Å². The highest BCUT2D eigenvalue weighted by Crippen LogP contribution is 2.31. The summed E-state index contributed by atoms with van der Waals surface area (Å²) in [4.78, 5) is 22.9. The largest absolute Gasteiger partial charge is 0.480 e. The maximum atomic E-state index is 12.3. The number of hydrogen-bond donors (Lipinski definition) is 2. The Morgan fingerprint density at radius 2 is 2.13 bits per heavy atom. The van der Waals surface area contributed by atoms with E-state index < -0.39 is 12.1 Å². The van der Waals surface area contributed by atoms with E-state index in [2.05, 4.69) is 10.4 Å². The number of carbonyl (C=O) groups excluding carboxylic acids is 1. The van der Waals surface area contributed by atoms with Crippen LogP contribution in [0.5, 0.6) is 5.75 Å². The van der Waals surface area contributed by atoms with Crippen molar-refractivity contribution in [3.05, 3.63) is 41.1 Å². The molecule has 0 spiro atoms. The maximum Gasteiger partial charge on any atom is 0.325 e. The molecule has 3 rings (SSSR count). The fourth-order valence-electron chi connectivity index (χ4n) is 2.52. The second-order valence-electron chi connectivity index (χ2n) is 5.64. The van der Waals surface area contributed by atoms with E-state index in [1.54, 1.807) is 6.07 Å². The summed E-state index contributed by atoms with van der Waals surface area (Å²) in [6.45, 7) is 3.78. The number of nitrogens with one attached hydrogen (secondary N) is 1. The highest BCUT2D eigenvalue weighted by Gasteiger charge is 2.30. The van der Waals surface area contributed by atoms with Crippen LogP contribution < -0.4 is 10.1 Å². The lowest BCUT2D eigenvalue weighted by Gasteiger charge is -2.09. The molecular formula is C16H17N3O4. The summed E-state index contributed by atoms with van der Waals surface area (Å²) in [6.07, 6.45) is 1.41. The quantitative estimate of drug-likeness (QED) is 0.892. The van der Waals surface area contributed by atoms with Gasteiger partial charge in [0.1, 0.15) is 12.3 Å². The minimum atomic E-state index is -0.994. The standard InChI is InChI=1S/C16H17N3O4/c1-9-5-11-7-13(23-12(11)6-10(9)2)16(22)17-14-3-4-19(18-14)8-15(20)21/h3-6,13H,7-8H2,1-2H3,(H,20,21)(H,17,18,22)/t13-/m1/s1. The van der Waals surface area contributed by atoms with Crippen molar-refractivity contribution >= 4 is 17.7 Å². The van der Waals surface area contributed by atoms with Crippen molar-refractivity contribution in [1.82, 2.24) is 9.78 Å². The number of nitrogens with zero attached hydrogens (tertiary/aromatic N) is 2. The smallest absolute Gasteiger partial charge is 0.325 e. The SMILES string of the molecule is Cc1cc2c(cc1C)O[C@@H](C(=O)Nc1ccn(CC(=O)O)n1)C2. The number of anilines is 1. The molecule has 23 heavy (non-hydrogen) atoms. The van der Waals surface area contributed by atoms with Crippen molar-refractivity contribution in [3.63, 3.8) is 0 Å². The van der Waals surface area contributed by atoms with Crippen LogP contribution in [0.4, 0.5) is 5.82 Å². The second kappa shape index (κ2) is 5.75. The zero-order chi connectivity index (χ0) is 16.6. The van der Waals surface area contributed by atoms with Gasteiger partial charge in [-0.1, -0.05) is 6.07 Å². The molecule has 1 aliphatic rings. The number of carboxylic acids is 1. The highest BCUT2D eigenvalue weighted by atomic mass is 16.5. The van der Waals surface area contributed by atoms with Gasteiger partial charge in [0, 0.05) is 18.7 Å². The van der Waals surface area contributed by atoms with Crippen LogP contribution in [0, 0.1) is 13.8 Å². The molecule has 0 saturated carbocycles. The fraction of sp³-hybridized carbons (Fsp3) is 0.312. The van der Waals surface area contributed by atoms with E-state index in [-0.39, 0.29) is 12.5 Å². The predicted octanol–water partition coefficient (Wildman–Crippen LogP) is 1.53. The Hall–Kier alpha value is -2.83. The van der Waals surface area contributed by atoms with Gasteiger partial charge in [-0.25, -0.2) is 0 Å². The molecular weight excluding hydrogens is 298 g/mol. The molecule has 1 aliphatic heterocycles. The fourth-order valence-corrected chi connectivity index (χ4v) is 2.52. The third kappa shape index (κ3) is 3.18. The predicted molar refractivity (Wildman–Crippen MR) is 82.5 cm³/mol. The molecule has 2 aromatic rings. The van der Waals surface area contributed by atoms with Crippen molar-refractivity contribution in [2.24, 2.45) is 0 Å². The summed E-state index contributed by atoms with van der Waals surface area (Å²) in [5, 5.41) is 15.3. The first-order valence-corrected chi connectivity index (χ1v) is 7.25. The lowest BCUT2D eigenvalue weighted by Crippen LogP contribution is -2.31. The van der Waals surface area contributed by atoms with E-state index in [4.69, 9.17) is 9.84 Å². The van der Waals surface area contributed by atoms with Gasteiger partial charge in [-0.05, 0) is 36.6 Å². The number of carbonyl (C=O) groups is 2. The Morgan fingerprint density at radius 3 is 2.87 bits per heavy atom. The third-order valence-electron chi connectivity index (χ3n) is 3.83. The van der Waals surface area contributed by atoms with Crippen LogP contribution in [0.2, 0.25) is 0 Å². The number of benzene rings is 1. The monoisotopic (exact) mass is 315 g/mol. The topological polar surface area (TPSA) is 93.5 Å². The highest BCUT2D eigenvalue weighted by molar-refractivity contribution is 5.94. The Bertz CT molecular complexity index is 751. The summed E-state index contributed by atoms with van der Waals surface area (Å²) >= 11 is 0. The van der Waals surface area contributed by atoms with Gasteiger partial charge >= 0.3 is 5.97 Å². The summed E-state index contributed by atoms with van der Waals surface area (Å²) in [7, 11) is 0. The third-order valence-corrected chi connectivity index (χ3v) is 3.83. The van der Waals surface area contributed by atoms with Crippen LogP contribution in [0.25, 0.3) is 0 Å². The van der Waals surface area contributed by atoms with Crippen LogP contribution in [-0.2, 0) is 22.6 Å². The molecule has 7 nitrogen and oxygen atoms in total. The number of aliphatic carboxylic acids is 1. The number of ether oxygens (including phenoxy) is 1. The zero-order valence-corrected chi connectivity index (χ0v) is 12.9. The molecule has 0 saturated heterocycles. The zero-order valence-electron chi connectivity index (χ0n) is 12.9. The van der Waals surface area contributed by atoms with Crippen molar-refractivity contribution in [3.8, 4) is 5.75 Å². The lowest BCUT2D eigenvalue weighted by atomic mass is 10.0.